The maximum absolute atomic E-state index is 2.59. The van der Waals surface area contributed by atoms with Crippen LogP contribution in [0.15, 0.2) is 42.5 Å². The molecule has 0 unspecified atom stereocenters. The third-order valence-electron chi connectivity index (χ3n) is 4.62. The zero-order valence-electron chi connectivity index (χ0n) is 12.2. The van der Waals surface area contributed by atoms with Gasteiger partial charge in [-0.1, -0.05) is 0 Å². The largest absolute Gasteiger partial charge is 0.147 e. The predicted molar refractivity (Wildman–Crippen MR) is 88.3 cm³/mol. The van der Waals surface area contributed by atoms with Crippen molar-refractivity contribution < 1.29 is 23.2 Å². The van der Waals surface area contributed by atoms with Crippen LogP contribution in [0.4, 0.5) is 0 Å². The molecule has 0 atom stereocenters. The standard InChI is InChI=1S/C12H17.C5H5.2ClH.Zr/c1-12(9-5-2-6-10-12)11-7-3-4-8-11;1-2-4-5-3-1;;;/h7-8H,2-3,5-6,9-10H2,1H3;1-3H,4H2;2*1H;. The Bertz CT molecular complexity index is 452. The molecule has 1 saturated carbocycles. The molecular weight excluding hydrogens is 366 g/mol. The Kier molecular flexibility index (Phi) is 7.54. The second-order valence-electron chi connectivity index (χ2n) is 6.10. The summed E-state index contributed by atoms with van der Waals surface area (Å²) in [4.78, 5) is 0. The second-order valence-corrected chi connectivity index (χ2v) is 9.88. The maximum atomic E-state index is 2.59. The molecule has 0 nitrogen and oxygen atoms in total. The molecule has 0 spiro atoms. The van der Waals surface area contributed by atoms with Gasteiger partial charge >= 0.3 is 123 Å². The SMILES string of the molecule is CC1(C2=CC[C]([Zr][C]3=CC=CC3)=C2)CCCCC1.Cl.Cl. The van der Waals surface area contributed by atoms with E-state index in [4.69, 9.17) is 0 Å². The van der Waals surface area contributed by atoms with Gasteiger partial charge < -0.3 is 0 Å². The number of rotatable bonds is 3. The van der Waals surface area contributed by atoms with Gasteiger partial charge in [-0.15, -0.1) is 24.8 Å². The van der Waals surface area contributed by atoms with Gasteiger partial charge in [0.15, 0.2) is 0 Å². The smallest absolute Gasteiger partial charge is 0.147 e. The fraction of sp³-hybridized carbons (Fsp3) is 0.529. The van der Waals surface area contributed by atoms with Crippen LogP contribution in [0, 0.1) is 5.41 Å². The fourth-order valence-corrected chi connectivity index (χ4v) is 6.46. The van der Waals surface area contributed by atoms with Gasteiger partial charge in [-0.25, -0.2) is 0 Å². The Hall–Kier alpha value is 0.423. The van der Waals surface area contributed by atoms with Crippen molar-refractivity contribution in [2.75, 3.05) is 0 Å². The van der Waals surface area contributed by atoms with Crippen LogP contribution in [0.25, 0.3) is 0 Å². The molecular formula is C17H24Cl2Zr. The summed E-state index contributed by atoms with van der Waals surface area (Å²) in [5.41, 5.74) is 2.20. The quantitative estimate of drug-likeness (QED) is 0.559. The Morgan fingerprint density at radius 3 is 2.40 bits per heavy atom. The first-order valence-electron chi connectivity index (χ1n) is 7.30. The van der Waals surface area contributed by atoms with Crippen LogP contribution < -0.4 is 0 Å². The molecule has 3 heteroatoms. The zero-order chi connectivity index (χ0) is 12.4. The van der Waals surface area contributed by atoms with Crippen LogP contribution >= 0.6 is 24.8 Å². The third kappa shape index (κ3) is 4.22. The summed E-state index contributed by atoms with van der Waals surface area (Å²) in [5.74, 6) is 0. The number of hydrogen-bond donors (Lipinski definition) is 0. The van der Waals surface area contributed by atoms with Gasteiger partial charge in [0, 0.05) is 0 Å². The van der Waals surface area contributed by atoms with E-state index in [1.54, 1.807) is 12.1 Å². The number of hydrogen-bond acceptors (Lipinski definition) is 0. The van der Waals surface area contributed by atoms with Gasteiger partial charge in [-0.05, 0) is 0 Å². The summed E-state index contributed by atoms with van der Waals surface area (Å²) in [6.45, 7) is 2.50. The Morgan fingerprint density at radius 2 is 1.75 bits per heavy atom. The molecule has 0 amide bonds. The first kappa shape index (κ1) is 18.5. The minimum absolute atomic E-state index is 0. The van der Waals surface area contributed by atoms with Crippen LogP contribution in [-0.4, -0.2) is 0 Å². The molecule has 0 N–H and O–H groups in total. The van der Waals surface area contributed by atoms with Crippen molar-refractivity contribution in [2.45, 2.75) is 51.9 Å². The molecule has 0 aromatic carbocycles. The number of allylic oxidation sites excluding steroid dienone is 8. The molecule has 3 aliphatic rings. The minimum Gasteiger partial charge on any atom is -0.147 e. The van der Waals surface area contributed by atoms with Gasteiger partial charge in [0.05, 0.1) is 0 Å². The maximum Gasteiger partial charge on any atom is -0.147 e. The fourth-order valence-electron chi connectivity index (χ4n) is 3.40. The average Bonchev–Trinajstić information content (AvgIpc) is 3.02. The summed E-state index contributed by atoms with van der Waals surface area (Å²) < 4.78 is 3.56. The first-order chi connectivity index (χ1) is 8.76. The first-order valence-corrected chi connectivity index (χ1v) is 9.76. The van der Waals surface area contributed by atoms with Crippen molar-refractivity contribution in [3.05, 3.63) is 42.5 Å². The molecule has 0 radical (unpaired) electrons. The molecule has 110 valence electrons. The van der Waals surface area contributed by atoms with Crippen molar-refractivity contribution in [3.8, 4) is 0 Å². The molecule has 3 rings (SSSR count). The van der Waals surface area contributed by atoms with E-state index in [1.807, 2.05) is 0 Å². The van der Waals surface area contributed by atoms with E-state index in [0.29, 0.717) is 5.41 Å². The summed E-state index contributed by atoms with van der Waals surface area (Å²) in [6.07, 6.45) is 21.7. The van der Waals surface area contributed by atoms with E-state index >= 15 is 0 Å². The van der Waals surface area contributed by atoms with E-state index in [9.17, 15) is 0 Å². The van der Waals surface area contributed by atoms with Gasteiger partial charge in [0.2, 0.25) is 0 Å². The van der Waals surface area contributed by atoms with Crippen LogP contribution in [0.1, 0.15) is 51.9 Å². The van der Waals surface area contributed by atoms with E-state index in [0.717, 1.165) is 0 Å². The molecule has 0 bridgehead atoms. The molecule has 0 aromatic rings. The van der Waals surface area contributed by atoms with Crippen molar-refractivity contribution >= 4 is 24.8 Å². The molecule has 1 fully saturated rings. The van der Waals surface area contributed by atoms with Crippen LogP contribution in [0.3, 0.4) is 0 Å². The second kappa shape index (κ2) is 8.16. The van der Waals surface area contributed by atoms with Gasteiger partial charge in [-0.2, -0.15) is 0 Å². The summed E-state index contributed by atoms with van der Waals surface area (Å²) in [5, 5.41) is 0. The van der Waals surface area contributed by atoms with Crippen LogP contribution in [0.5, 0.6) is 0 Å². The summed E-state index contributed by atoms with van der Waals surface area (Å²) in [7, 11) is 0. The number of halogens is 2. The molecule has 0 aromatic heterocycles. The monoisotopic (exact) mass is 388 g/mol. The third-order valence-corrected chi connectivity index (χ3v) is 7.96. The Labute approximate surface area is 147 Å². The Morgan fingerprint density at radius 1 is 1.00 bits per heavy atom. The van der Waals surface area contributed by atoms with Crippen LogP contribution in [-0.2, 0) is 23.2 Å². The topological polar surface area (TPSA) is 0 Å². The minimum atomic E-state index is -0.417. The molecule has 0 saturated heterocycles. The van der Waals surface area contributed by atoms with E-state index < -0.39 is 23.2 Å². The predicted octanol–water partition coefficient (Wildman–Crippen LogP) is 5.94. The van der Waals surface area contributed by atoms with Gasteiger partial charge in [-0.3, -0.25) is 0 Å². The van der Waals surface area contributed by atoms with E-state index in [-0.39, 0.29) is 24.8 Å². The molecule has 0 aliphatic heterocycles. The van der Waals surface area contributed by atoms with Crippen LogP contribution in [0.2, 0.25) is 0 Å². The molecule has 3 aliphatic carbocycles. The summed E-state index contributed by atoms with van der Waals surface area (Å²) in [6, 6.07) is 0. The average molecular weight is 391 g/mol. The molecule has 20 heavy (non-hydrogen) atoms. The van der Waals surface area contributed by atoms with Crippen molar-refractivity contribution in [1.82, 2.24) is 0 Å². The summed E-state index contributed by atoms with van der Waals surface area (Å²) >= 11 is -0.417. The van der Waals surface area contributed by atoms with Crippen molar-refractivity contribution in [3.63, 3.8) is 0 Å². The van der Waals surface area contributed by atoms with Crippen molar-refractivity contribution in [1.29, 1.82) is 0 Å². The van der Waals surface area contributed by atoms with Gasteiger partial charge in [0.1, 0.15) is 0 Å². The normalized spacial score (nSPS) is 23.1. The van der Waals surface area contributed by atoms with Crippen molar-refractivity contribution in [2.24, 2.45) is 5.41 Å². The van der Waals surface area contributed by atoms with E-state index in [1.165, 1.54) is 44.9 Å². The zero-order valence-corrected chi connectivity index (χ0v) is 16.2. The van der Waals surface area contributed by atoms with E-state index in [2.05, 4.69) is 37.3 Å². The van der Waals surface area contributed by atoms with Gasteiger partial charge in [0.25, 0.3) is 0 Å². The molecule has 0 heterocycles. The Balaban J connectivity index is 0.000001000.